The number of phenolic OH excluding ortho intramolecular Hbond substituents is 2. The summed E-state index contributed by atoms with van der Waals surface area (Å²) in [6, 6.07) is -0.292. The van der Waals surface area contributed by atoms with Crippen molar-refractivity contribution in [1.82, 2.24) is 20.4 Å². The van der Waals surface area contributed by atoms with Crippen LogP contribution in [0.3, 0.4) is 0 Å². The first-order chi connectivity index (χ1) is 27.7. The molecule has 328 valence electrons. The predicted molar refractivity (Wildman–Crippen MR) is 215 cm³/mol. The summed E-state index contributed by atoms with van der Waals surface area (Å²) in [5.74, 6) is -7.17. The smallest absolute Gasteiger partial charge is 0.408 e. The minimum Gasteiger partial charge on any atom is -0.507 e. The first-order valence-electron chi connectivity index (χ1n) is 19.0. The number of hydrogen-bond acceptors (Lipinski definition) is 14. The number of benzene rings is 2. The van der Waals surface area contributed by atoms with Gasteiger partial charge in [-0.1, -0.05) is 0 Å². The Morgan fingerprint density at radius 2 is 0.900 bits per heavy atom. The van der Waals surface area contributed by atoms with Crippen LogP contribution in [-0.4, -0.2) is 139 Å². The summed E-state index contributed by atoms with van der Waals surface area (Å²) in [5.41, 5.74) is -3.18. The molecule has 60 heavy (non-hydrogen) atoms. The van der Waals surface area contributed by atoms with Crippen LogP contribution in [0.1, 0.15) is 101 Å². The summed E-state index contributed by atoms with van der Waals surface area (Å²) < 4.78 is 10.4. The predicted octanol–water partition coefficient (Wildman–Crippen LogP) is 3.13. The van der Waals surface area contributed by atoms with E-state index in [-0.39, 0.29) is 48.7 Å². The Morgan fingerprint density at radius 1 is 0.583 bits per heavy atom. The van der Waals surface area contributed by atoms with E-state index >= 15 is 0 Å². The number of anilines is 2. The van der Waals surface area contributed by atoms with Gasteiger partial charge in [-0.15, -0.1) is 0 Å². The van der Waals surface area contributed by atoms with E-state index in [2.05, 4.69) is 21.3 Å². The molecule has 0 spiro atoms. The molecule has 1 aliphatic rings. The summed E-state index contributed by atoms with van der Waals surface area (Å²) in [7, 11) is 0. The molecule has 8 N–H and O–H groups in total. The number of rotatable bonds is 16. The molecule has 0 unspecified atom stereocenters. The van der Waals surface area contributed by atoms with Gasteiger partial charge in [0, 0.05) is 37.6 Å². The average Bonchev–Trinajstić information content (AvgIpc) is 3.12. The molecular formula is C40H54N6O14. The van der Waals surface area contributed by atoms with Crippen molar-refractivity contribution in [3.63, 3.8) is 0 Å². The van der Waals surface area contributed by atoms with Crippen LogP contribution >= 0.6 is 0 Å². The van der Waals surface area contributed by atoms with Gasteiger partial charge >= 0.3 is 24.1 Å². The van der Waals surface area contributed by atoms with E-state index in [1.165, 1.54) is 39.8 Å². The number of nitrogens with one attached hydrogen (secondary N) is 4. The number of aliphatic carboxylic acids is 2. The van der Waals surface area contributed by atoms with Crippen LogP contribution in [0.4, 0.5) is 21.0 Å². The lowest BCUT2D eigenvalue weighted by molar-refractivity contribution is -0.150. The van der Waals surface area contributed by atoms with Gasteiger partial charge in [0.25, 0.3) is 0 Å². The molecule has 0 aromatic heterocycles. The topological polar surface area (TPSA) is 291 Å². The molecule has 3 rings (SSSR count). The number of amides is 4. The van der Waals surface area contributed by atoms with Gasteiger partial charge in [-0.25, -0.2) is 19.2 Å². The number of hydrogen-bond donors (Lipinski definition) is 8. The second-order valence-corrected chi connectivity index (χ2v) is 16.1. The fraction of sp³-hybridized carbons (Fsp3) is 0.500. The molecule has 0 aliphatic heterocycles. The first-order valence-corrected chi connectivity index (χ1v) is 19.0. The zero-order valence-corrected chi connectivity index (χ0v) is 35.2. The van der Waals surface area contributed by atoms with E-state index in [1.54, 1.807) is 41.5 Å². The molecule has 2 aromatic rings. The van der Waals surface area contributed by atoms with E-state index in [1.807, 2.05) is 0 Å². The van der Waals surface area contributed by atoms with E-state index < -0.39 is 106 Å². The second-order valence-electron chi connectivity index (χ2n) is 16.1. The number of fused-ring (bicyclic) bond motifs is 2. The Labute approximate surface area is 346 Å². The van der Waals surface area contributed by atoms with Crippen LogP contribution < -0.4 is 21.3 Å². The van der Waals surface area contributed by atoms with Crippen molar-refractivity contribution in [2.75, 3.05) is 36.8 Å². The van der Waals surface area contributed by atoms with Crippen LogP contribution in [0.2, 0.25) is 0 Å². The molecule has 0 heterocycles. The number of nitrogens with zero attached hydrogens (tertiary/aromatic N) is 2. The standard InChI is InChI=1S/C40H54N6O14/c1-19(43-37(57)59-39(5,6)7)33(51)45(21(3)35(53)54)17-15-41-23-11-12-24(28-27(23)31(49)29-25(47)13-14-26(48)30(29)32(28)50)42-16-18-46(22(4)36(55)56)34(52)20(2)44-38(58)60-40(8,9)10/h11-14,19-22,41-42,47-48H,15-18H2,1-10H3,(H,43,57)(H,44,58)(H,53,54)(H,55,56)/t19-,20-,21-,22-/m0/s1. The van der Waals surface area contributed by atoms with Gasteiger partial charge in [-0.2, -0.15) is 0 Å². The third-order valence-corrected chi connectivity index (χ3v) is 9.03. The van der Waals surface area contributed by atoms with Gasteiger partial charge in [0.2, 0.25) is 23.4 Å². The summed E-state index contributed by atoms with van der Waals surface area (Å²) >= 11 is 0. The van der Waals surface area contributed by atoms with Crippen LogP contribution in [0.5, 0.6) is 11.5 Å². The number of phenols is 2. The minimum atomic E-state index is -1.37. The van der Waals surface area contributed by atoms with Gasteiger partial charge in [-0.05, 0) is 93.5 Å². The number of ketones is 2. The maximum atomic E-state index is 14.1. The number of carbonyl (C=O) groups is 8. The zero-order valence-electron chi connectivity index (χ0n) is 35.2. The zero-order chi connectivity index (χ0) is 45.6. The van der Waals surface area contributed by atoms with Crippen molar-refractivity contribution in [2.45, 2.75) is 105 Å². The fourth-order valence-electron chi connectivity index (χ4n) is 6.13. The normalized spacial score (nSPS) is 14.2. The van der Waals surface area contributed by atoms with Crippen LogP contribution in [0, 0.1) is 0 Å². The van der Waals surface area contributed by atoms with Crippen molar-refractivity contribution in [3.05, 3.63) is 46.5 Å². The molecule has 20 heteroatoms. The van der Waals surface area contributed by atoms with Gasteiger partial charge in [0.1, 0.15) is 46.9 Å². The number of alkyl carbamates (subject to hydrolysis) is 2. The van der Waals surface area contributed by atoms with Crippen LogP contribution in [-0.2, 0) is 28.7 Å². The van der Waals surface area contributed by atoms with E-state index in [0.717, 1.165) is 21.9 Å². The maximum absolute atomic E-state index is 14.1. The van der Waals surface area contributed by atoms with E-state index in [0.29, 0.717) is 0 Å². The second kappa shape index (κ2) is 19.0. The molecule has 20 nitrogen and oxygen atoms in total. The maximum Gasteiger partial charge on any atom is 0.408 e. The summed E-state index contributed by atoms with van der Waals surface area (Å²) in [6.45, 7) is 14.1. The molecule has 1 aliphatic carbocycles. The average molecular weight is 843 g/mol. The lowest BCUT2D eigenvalue weighted by Gasteiger charge is -2.31. The molecule has 0 saturated carbocycles. The highest BCUT2D eigenvalue weighted by atomic mass is 16.6. The highest BCUT2D eigenvalue weighted by molar-refractivity contribution is 6.33. The molecule has 0 saturated heterocycles. The minimum absolute atomic E-state index is 0.0240. The molecule has 4 atom stereocenters. The van der Waals surface area contributed by atoms with Crippen molar-refractivity contribution in [2.24, 2.45) is 0 Å². The Morgan fingerprint density at radius 3 is 1.18 bits per heavy atom. The monoisotopic (exact) mass is 842 g/mol. The molecule has 2 aromatic carbocycles. The van der Waals surface area contributed by atoms with Gasteiger partial charge < -0.3 is 61.0 Å². The van der Waals surface area contributed by atoms with Crippen molar-refractivity contribution >= 4 is 58.9 Å². The number of ether oxygens (including phenoxy) is 2. The van der Waals surface area contributed by atoms with Crippen molar-refractivity contribution < 1.29 is 68.3 Å². The fourth-order valence-corrected chi connectivity index (χ4v) is 6.13. The number of aromatic hydroxyl groups is 2. The Bertz CT molecular complexity index is 1900. The Hall–Kier alpha value is -6.60. The lowest BCUT2D eigenvalue weighted by atomic mass is 9.81. The van der Waals surface area contributed by atoms with Crippen LogP contribution in [0.15, 0.2) is 24.3 Å². The highest BCUT2D eigenvalue weighted by Crippen LogP contribution is 2.42. The Balaban J connectivity index is 1.96. The van der Waals surface area contributed by atoms with E-state index in [4.69, 9.17) is 9.47 Å². The van der Waals surface area contributed by atoms with Gasteiger partial charge in [0.15, 0.2) is 0 Å². The largest absolute Gasteiger partial charge is 0.507 e. The van der Waals surface area contributed by atoms with Gasteiger partial charge in [0.05, 0.1) is 22.3 Å². The summed E-state index contributed by atoms with van der Waals surface area (Å²) in [5, 5.41) is 51.6. The van der Waals surface area contributed by atoms with Crippen molar-refractivity contribution in [1.29, 1.82) is 0 Å². The van der Waals surface area contributed by atoms with Gasteiger partial charge in [-0.3, -0.25) is 19.2 Å². The number of carboxylic acid groups (broad SMARTS) is 2. The first kappa shape index (κ1) is 47.8. The highest BCUT2D eigenvalue weighted by Gasteiger charge is 2.39. The molecule has 4 amide bonds. The molecule has 0 radical (unpaired) electrons. The molecular weight excluding hydrogens is 788 g/mol. The molecule has 0 bridgehead atoms. The SMILES string of the molecule is C[C@H](NC(=O)OC(C)(C)C)C(=O)N(CCNc1ccc(NCCN(C(=O)[C@H](C)NC(=O)OC(C)(C)C)[C@@H](C)C(=O)O)c2c1C(=O)c1c(O)ccc(O)c1C2=O)[C@@H](C)C(=O)O. The third kappa shape index (κ3) is 11.8. The van der Waals surface area contributed by atoms with E-state index in [9.17, 15) is 58.8 Å². The summed E-state index contributed by atoms with van der Waals surface area (Å²) in [6.07, 6.45) is -1.80. The summed E-state index contributed by atoms with van der Waals surface area (Å²) in [4.78, 5) is 106. The molecule has 0 fully saturated rings. The number of carbonyl (C=O) groups excluding carboxylic acids is 6. The Kier molecular flexibility index (Phi) is 15.1. The van der Waals surface area contributed by atoms with Crippen LogP contribution in [0.25, 0.3) is 0 Å². The lowest BCUT2D eigenvalue weighted by Crippen LogP contribution is -2.53. The van der Waals surface area contributed by atoms with Crippen molar-refractivity contribution in [3.8, 4) is 11.5 Å². The number of carboxylic acids is 2. The quantitative estimate of drug-likeness (QED) is 0.0961. The third-order valence-electron chi connectivity index (χ3n) is 9.03.